The van der Waals surface area contributed by atoms with E-state index in [2.05, 4.69) is 17.2 Å². The Morgan fingerprint density at radius 2 is 1.91 bits per heavy atom. The van der Waals surface area contributed by atoms with Crippen LogP contribution >= 0.6 is 0 Å². The molecule has 0 aliphatic heterocycles. The molecule has 1 saturated carbocycles. The van der Waals surface area contributed by atoms with Gasteiger partial charge in [-0.15, -0.1) is 0 Å². The number of amides is 1. The van der Waals surface area contributed by atoms with Gasteiger partial charge in [0.05, 0.1) is 11.9 Å². The molecule has 1 fully saturated rings. The fraction of sp³-hybridized carbons (Fsp3) is 0.611. The highest BCUT2D eigenvalue weighted by molar-refractivity contribution is 5.94. The summed E-state index contributed by atoms with van der Waals surface area (Å²) in [5, 5.41) is 2.80. The van der Waals surface area contributed by atoms with Crippen LogP contribution in [0.1, 0.15) is 86.3 Å². The number of anilines is 1. The van der Waals surface area contributed by atoms with Crippen LogP contribution in [0.3, 0.4) is 0 Å². The van der Waals surface area contributed by atoms with Crippen molar-refractivity contribution in [3.8, 4) is 0 Å². The number of rotatable bonds is 5. The Labute approximate surface area is 132 Å². The van der Waals surface area contributed by atoms with Gasteiger partial charge in [-0.1, -0.05) is 39.0 Å². The smallest absolute Gasteiger partial charge is 0.211 e. The van der Waals surface area contributed by atoms with E-state index >= 15 is 0 Å². The van der Waals surface area contributed by atoms with Gasteiger partial charge in [-0.25, -0.2) is 0 Å². The number of carbonyl (C=O) groups is 2. The number of ketones is 1. The van der Waals surface area contributed by atoms with E-state index in [1.54, 1.807) is 13.1 Å². The van der Waals surface area contributed by atoms with E-state index in [4.69, 9.17) is 0 Å². The highest BCUT2D eigenvalue weighted by Gasteiger charge is 2.23. The molecule has 1 aromatic rings. The zero-order chi connectivity index (χ0) is 15.9. The minimum absolute atomic E-state index is 0.00148. The number of pyridine rings is 1. The van der Waals surface area contributed by atoms with Gasteiger partial charge in [0.1, 0.15) is 5.69 Å². The molecule has 0 unspecified atom stereocenters. The summed E-state index contributed by atoms with van der Waals surface area (Å²) < 4.78 is 0. The average molecular weight is 302 g/mol. The summed E-state index contributed by atoms with van der Waals surface area (Å²) >= 11 is 0. The first-order chi connectivity index (χ1) is 10.7. The van der Waals surface area contributed by atoms with Gasteiger partial charge >= 0.3 is 0 Å². The molecule has 22 heavy (non-hydrogen) atoms. The topological polar surface area (TPSA) is 59.1 Å². The van der Waals surface area contributed by atoms with Gasteiger partial charge in [-0.2, -0.15) is 0 Å². The number of nitrogens with zero attached hydrogens (tertiary/aromatic N) is 1. The van der Waals surface area contributed by atoms with Crippen LogP contribution in [0.5, 0.6) is 0 Å². The highest BCUT2D eigenvalue weighted by atomic mass is 16.1. The van der Waals surface area contributed by atoms with Crippen LogP contribution in [0.4, 0.5) is 5.69 Å². The number of hydrogen-bond acceptors (Lipinski definition) is 3. The average Bonchev–Trinajstić information content (AvgIpc) is 2.47. The van der Waals surface area contributed by atoms with Crippen LogP contribution in [-0.4, -0.2) is 17.2 Å². The molecular formula is C18H26N2O2. The minimum Gasteiger partial charge on any atom is -0.327 e. The van der Waals surface area contributed by atoms with Gasteiger partial charge < -0.3 is 5.32 Å². The molecule has 0 saturated heterocycles. The zero-order valence-corrected chi connectivity index (χ0v) is 13.7. The summed E-state index contributed by atoms with van der Waals surface area (Å²) in [6.07, 6.45) is 11.7. The Kier molecular flexibility index (Phi) is 6.10. The lowest BCUT2D eigenvalue weighted by Crippen LogP contribution is -2.14. The van der Waals surface area contributed by atoms with E-state index < -0.39 is 0 Å². The fourth-order valence-electron chi connectivity index (χ4n) is 3.62. The summed E-state index contributed by atoms with van der Waals surface area (Å²) in [5.41, 5.74) is 3.51. The summed E-state index contributed by atoms with van der Waals surface area (Å²) in [6.45, 7) is 3.62. The van der Waals surface area contributed by atoms with Crippen molar-refractivity contribution < 1.29 is 9.59 Å². The SMILES string of the molecule is CCc1c(C(C)=O)ncc(NC=O)c1C1CCCCCCC1. The quantitative estimate of drug-likeness (QED) is 0.653. The van der Waals surface area contributed by atoms with Crippen molar-refractivity contribution >= 4 is 17.9 Å². The Morgan fingerprint density at radius 1 is 1.27 bits per heavy atom. The lowest BCUT2D eigenvalue weighted by Gasteiger charge is -2.25. The molecule has 1 amide bonds. The second kappa shape index (κ2) is 8.06. The Morgan fingerprint density at radius 3 is 2.45 bits per heavy atom. The Hall–Kier alpha value is -1.71. The zero-order valence-electron chi connectivity index (χ0n) is 13.7. The van der Waals surface area contributed by atoms with E-state index in [0.717, 1.165) is 36.1 Å². The maximum absolute atomic E-state index is 11.9. The van der Waals surface area contributed by atoms with Gasteiger partial charge in [0.25, 0.3) is 0 Å². The first-order valence-corrected chi connectivity index (χ1v) is 8.41. The molecular weight excluding hydrogens is 276 g/mol. The minimum atomic E-state index is 0.00148. The lowest BCUT2D eigenvalue weighted by molar-refractivity contribution is -0.105. The third kappa shape index (κ3) is 3.73. The molecule has 0 aromatic carbocycles. The predicted molar refractivity (Wildman–Crippen MR) is 88.4 cm³/mol. The Bertz CT molecular complexity index is 532. The second-order valence-corrected chi connectivity index (χ2v) is 6.13. The predicted octanol–water partition coefficient (Wildman–Crippen LogP) is 4.24. The first kappa shape index (κ1) is 16.7. The number of nitrogens with one attached hydrogen (secondary N) is 1. The van der Waals surface area contributed by atoms with Crippen LogP contribution in [0.15, 0.2) is 6.20 Å². The van der Waals surface area contributed by atoms with Gasteiger partial charge in [-0.05, 0) is 36.3 Å². The van der Waals surface area contributed by atoms with Crippen LogP contribution in [0.25, 0.3) is 0 Å². The van der Waals surface area contributed by atoms with E-state index in [-0.39, 0.29) is 5.78 Å². The van der Waals surface area contributed by atoms with Crippen molar-refractivity contribution in [1.82, 2.24) is 4.98 Å². The first-order valence-electron chi connectivity index (χ1n) is 8.41. The molecule has 4 heteroatoms. The van der Waals surface area contributed by atoms with E-state index in [0.29, 0.717) is 18.0 Å². The number of aromatic nitrogens is 1. The maximum atomic E-state index is 11.9. The third-order valence-electron chi connectivity index (χ3n) is 4.64. The van der Waals surface area contributed by atoms with Crippen LogP contribution in [0, 0.1) is 0 Å². The fourth-order valence-corrected chi connectivity index (χ4v) is 3.62. The molecule has 0 radical (unpaired) electrons. The van der Waals surface area contributed by atoms with Gasteiger partial charge in [0.2, 0.25) is 6.41 Å². The summed E-state index contributed by atoms with van der Waals surface area (Å²) in [4.78, 5) is 27.1. The van der Waals surface area contributed by atoms with Crippen molar-refractivity contribution in [2.24, 2.45) is 0 Å². The second-order valence-electron chi connectivity index (χ2n) is 6.13. The molecule has 0 atom stereocenters. The lowest BCUT2D eigenvalue weighted by atomic mass is 9.82. The van der Waals surface area contributed by atoms with E-state index in [1.807, 2.05) is 0 Å². The molecule has 2 rings (SSSR count). The van der Waals surface area contributed by atoms with Crippen molar-refractivity contribution in [3.05, 3.63) is 23.0 Å². The number of hydrogen-bond donors (Lipinski definition) is 1. The van der Waals surface area contributed by atoms with Crippen molar-refractivity contribution in [1.29, 1.82) is 0 Å². The third-order valence-corrected chi connectivity index (χ3v) is 4.64. The molecule has 1 aliphatic carbocycles. The maximum Gasteiger partial charge on any atom is 0.211 e. The summed E-state index contributed by atoms with van der Waals surface area (Å²) in [6, 6.07) is 0. The van der Waals surface area contributed by atoms with Crippen LogP contribution in [-0.2, 0) is 11.2 Å². The molecule has 1 aromatic heterocycles. The normalized spacial score (nSPS) is 16.6. The van der Waals surface area contributed by atoms with Gasteiger partial charge in [-0.3, -0.25) is 14.6 Å². The Balaban J connectivity index is 2.49. The molecule has 0 spiro atoms. The monoisotopic (exact) mass is 302 g/mol. The van der Waals surface area contributed by atoms with Crippen molar-refractivity contribution in [2.75, 3.05) is 5.32 Å². The standard InChI is InChI=1S/C18H26N2O2/c1-3-15-17(14-9-7-5-4-6-8-10-14)16(20-12-21)11-19-18(15)13(2)22/h11-12,14H,3-10H2,1-2H3,(H,20,21). The van der Waals surface area contributed by atoms with E-state index in [9.17, 15) is 9.59 Å². The molecule has 1 heterocycles. The number of carbonyl (C=O) groups excluding carboxylic acids is 2. The van der Waals surface area contributed by atoms with E-state index in [1.165, 1.54) is 32.1 Å². The van der Waals surface area contributed by atoms with Crippen LogP contribution < -0.4 is 5.32 Å². The van der Waals surface area contributed by atoms with Crippen molar-refractivity contribution in [2.45, 2.75) is 71.1 Å². The summed E-state index contributed by atoms with van der Waals surface area (Å²) in [5.74, 6) is 0.417. The molecule has 1 aliphatic rings. The highest BCUT2D eigenvalue weighted by Crippen LogP contribution is 2.38. The number of Topliss-reactive ketones (excluding diaryl/α,β-unsaturated/α-hetero) is 1. The largest absolute Gasteiger partial charge is 0.327 e. The van der Waals surface area contributed by atoms with Crippen molar-refractivity contribution in [3.63, 3.8) is 0 Å². The molecule has 0 bridgehead atoms. The molecule has 1 N–H and O–H groups in total. The van der Waals surface area contributed by atoms with Crippen LogP contribution in [0.2, 0.25) is 0 Å². The summed E-state index contributed by atoms with van der Waals surface area (Å²) in [7, 11) is 0. The van der Waals surface area contributed by atoms with Gasteiger partial charge in [0.15, 0.2) is 5.78 Å². The molecule has 120 valence electrons. The van der Waals surface area contributed by atoms with Gasteiger partial charge in [0, 0.05) is 6.92 Å². The molecule has 4 nitrogen and oxygen atoms in total.